The highest BCUT2D eigenvalue weighted by molar-refractivity contribution is 5.70. The Kier molecular flexibility index (Phi) is 13.2. The van der Waals surface area contributed by atoms with E-state index in [2.05, 4.69) is 27.7 Å². The molecular weight excluding hydrogens is 320 g/mol. The zero-order valence-electron chi connectivity index (χ0n) is 16.8. The Balaban J connectivity index is 0.000000463. The van der Waals surface area contributed by atoms with Gasteiger partial charge in [-0.25, -0.2) is 0 Å². The second-order valence-corrected chi connectivity index (χ2v) is 8.10. The summed E-state index contributed by atoms with van der Waals surface area (Å²) in [5.41, 5.74) is 0. The molecule has 5 nitrogen and oxygen atoms in total. The van der Waals surface area contributed by atoms with E-state index in [0.29, 0.717) is 24.7 Å². The lowest BCUT2D eigenvalue weighted by molar-refractivity contribution is -0.160. The minimum Gasteiger partial charge on any atom is -0.462 e. The summed E-state index contributed by atoms with van der Waals surface area (Å²) < 4.78 is 5.11. The van der Waals surface area contributed by atoms with E-state index in [1.54, 1.807) is 0 Å². The molecule has 1 fully saturated rings. The van der Waals surface area contributed by atoms with Gasteiger partial charge < -0.3 is 20.1 Å². The lowest BCUT2D eigenvalue weighted by Crippen LogP contribution is -2.32. The van der Waals surface area contributed by atoms with Gasteiger partial charge in [-0.1, -0.05) is 34.6 Å². The Bertz CT molecular complexity index is 343. The van der Waals surface area contributed by atoms with Crippen LogP contribution in [-0.2, 0) is 9.53 Å². The first-order valence-electron chi connectivity index (χ1n) is 9.87. The van der Waals surface area contributed by atoms with Crippen molar-refractivity contribution >= 4 is 5.97 Å². The molecule has 0 spiro atoms. The van der Waals surface area contributed by atoms with E-state index < -0.39 is 6.10 Å². The first-order chi connectivity index (χ1) is 11.6. The number of cyclic esters (lactones) is 1. The predicted molar refractivity (Wildman–Crippen MR) is 100 cm³/mol. The van der Waals surface area contributed by atoms with Crippen LogP contribution in [0.25, 0.3) is 0 Å². The summed E-state index contributed by atoms with van der Waals surface area (Å²) >= 11 is 0. The van der Waals surface area contributed by atoms with E-state index in [1.165, 1.54) is 0 Å². The zero-order chi connectivity index (χ0) is 19.4. The molecule has 1 saturated heterocycles. The smallest absolute Gasteiger partial charge is 0.308 e. The molecule has 0 bridgehead atoms. The number of aliphatic hydroxyl groups is 3. The summed E-state index contributed by atoms with van der Waals surface area (Å²) in [5, 5.41) is 28.0. The van der Waals surface area contributed by atoms with Crippen LogP contribution in [-0.4, -0.2) is 45.7 Å². The van der Waals surface area contributed by atoms with E-state index in [0.717, 1.165) is 32.1 Å². The number of carbonyl (C=O) groups excluding carboxylic acids is 1. The van der Waals surface area contributed by atoms with Gasteiger partial charge in [0.1, 0.15) is 6.10 Å². The second-order valence-electron chi connectivity index (χ2n) is 8.10. The van der Waals surface area contributed by atoms with Crippen molar-refractivity contribution in [3.8, 4) is 0 Å². The van der Waals surface area contributed by atoms with Crippen molar-refractivity contribution in [1.82, 2.24) is 0 Å². The number of ether oxygens (including phenoxy) is 1. The van der Waals surface area contributed by atoms with E-state index in [9.17, 15) is 20.1 Å². The Morgan fingerprint density at radius 2 is 1.64 bits per heavy atom. The third-order valence-electron chi connectivity index (χ3n) is 4.39. The van der Waals surface area contributed by atoms with Gasteiger partial charge in [0.05, 0.1) is 24.7 Å². The van der Waals surface area contributed by atoms with Crippen LogP contribution in [0.15, 0.2) is 0 Å². The van der Waals surface area contributed by atoms with Crippen LogP contribution >= 0.6 is 0 Å². The molecule has 0 amide bonds. The highest BCUT2D eigenvalue weighted by Crippen LogP contribution is 2.20. The number of hydrogen-bond donors (Lipinski definition) is 3. The largest absolute Gasteiger partial charge is 0.462 e. The van der Waals surface area contributed by atoms with Gasteiger partial charge in [0.25, 0.3) is 0 Å². The molecule has 150 valence electrons. The van der Waals surface area contributed by atoms with Crippen LogP contribution in [0.2, 0.25) is 0 Å². The number of hydrogen-bond acceptors (Lipinski definition) is 5. The van der Waals surface area contributed by atoms with Crippen LogP contribution in [0, 0.1) is 11.8 Å². The van der Waals surface area contributed by atoms with Crippen LogP contribution < -0.4 is 0 Å². The van der Waals surface area contributed by atoms with Gasteiger partial charge in [0.15, 0.2) is 0 Å². The van der Waals surface area contributed by atoms with Crippen molar-refractivity contribution in [2.75, 3.05) is 0 Å². The predicted octanol–water partition coefficient (Wildman–Crippen LogP) is 3.43. The quantitative estimate of drug-likeness (QED) is 0.548. The lowest BCUT2D eigenvalue weighted by atomic mass is 9.98. The number of rotatable bonds is 9. The molecule has 25 heavy (non-hydrogen) atoms. The van der Waals surface area contributed by atoms with Gasteiger partial charge in [0.2, 0.25) is 0 Å². The minimum absolute atomic E-state index is 0.0568. The Labute approximate surface area is 153 Å². The normalized spacial score (nSPS) is 23.0. The molecule has 4 atom stereocenters. The highest BCUT2D eigenvalue weighted by Gasteiger charge is 2.26. The summed E-state index contributed by atoms with van der Waals surface area (Å²) in [5.74, 6) is 1.00. The van der Waals surface area contributed by atoms with Crippen molar-refractivity contribution < 1.29 is 24.9 Å². The van der Waals surface area contributed by atoms with E-state index in [4.69, 9.17) is 4.74 Å². The van der Waals surface area contributed by atoms with E-state index in [1.807, 2.05) is 6.92 Å². The fourth-order valence-electron chi connectivity index (χ4n) is 2.68. The monoisotopic (exact) mass is 360 g/mol. The highest BCUT2D eigenvalue weighted by atomic mass is 16.5. The summed E-state index contributed by atoms with van der Waals surface area (Å²) in [6, 6.07) is 0. The molecule has 0 aromatic carbocycles. The zero-order valence-corrected chi connectivity index (χ0v) is 16.8. The van der Waals surface area contributed by atoms with Gasteiger partial charge >= 0.3 is 5.97 Å². The van der Waals surface area contributed by atoms with Gasteiger partial charge in [-0.15, -0.1) is 0 Å². The SMILES string of the molecule is CC(C)CCC1C[C@@H](O)CC(=O)O1.CC[C@H](O)CC(O)CCC(C)C. The van der Waals surface area contributed by atoms with Crippen molar-refractivity contribution in [1.29, 1.82) is 0 Å². The van der Waals surface area contributed by atoms with Crippen molar-refractivity contribution in [2.45, 2.75) is 110 Å². The van der Waals surface area contributed by atoms with Crippen LogP contribution in [0.1, 0.15) is 86.0 Å². The maximum absolute atomic E-state index is 10.9. The lowest BCUT2D eigenvalue weighted by Gasteiger charge is -2.26. The molecule has 1 rings (SSSR count). The van der Waals surface area contributed by atoms with Gasteiger partial charge in [-0.2, -0.15) is 0 Å². The Morgan fingerprint density at radius 1 is 1.04 bits per heavy atom. The van der Waals surface area contributed by atoms with E-state index in [-0.39, 0.29) is 30.7 Å². The van der Waals surface area contributed by atoms with Crippen LogP contribution in [0.3, 0.4) is 0 Å². The van der Waals surface area contributed by atoms with Crippen LogP contribution in [0.4, 0.5) is 0 Å². The fraction of sp³-hybridized carbons (Fsp3) is 0.950. The molecule has 1 aliphatic rings. The summed E-state index contributed by atoms with van der Waals surface area (Å²) in [4.78, 5) is 10.9. The standard InChI is InChI=1S/C10H18O3.C10H22O2/c1-7(2)3-4-9-5-8(11)6-10(12)13-9;1-4-9(11)7-10(12)6-5-8(2)3/h7-9,11H,3-6H2,1-2H3;8-12H,4-7H2,1-3H3/t8-,9?;9-,10?/m10/s1. The van der Waals surface area contributed by atoms with Gasteiger partial charge in [0, 0.05) is 6.42 Å². The summed E-state index contributed by atoms with van der Waals surface area (Å²) in [6.07, 6.45) is 4.63. The van der Waals surface area contributed by atoms with E-state index >= 15 is 0 Å². The molecule has 3 N–H and O–H groups in total. The number of carbonyl (C=O) groups is 1. The molecule has 0 radical (unpaired) electrons. The number of esters is 1. The Hall–Kier alpha value is -0.650. The third-order valence-corrected chi connectivity index (χ3v) is 4.39. The molecule has 2 unspecified atom stereocenters. The first-order valence-corrected chi connectivity index (χ1v) is 9.87. The average molecular weight is 361 g/mol. The summed E-state index contributed by atoms with van der Waals surface area (Å²) in [7, 11) is 0. The molecule has 1 aliphatic heterocycles. The van der Waals surface area contributed by atoms with Gasteiger partial charge in [-0.05, 0) is 50.4 Å². The van der Waals surface area contributed by atoms with Crippen molar-refractivity contribution in [2.24, 2.45) is 11.8 Å². The van der Waals surface area contributed by atoms with Gasteiger partial charge in [-0.3, -0.25) is 4.79 Å². The molecule has 1 heterocycles. The topological polar surface area (TPSA) is 87.0 Å². The third kappa shape index (κ3) is 14.2. The van der Waals surface area contributed by atoms with Crippen LogP contribution in [0.5, 0.6) is 0 Å². The first kappa shape index (κ1) is 24.4. The number of aliphatic hydroxyl groups excluding tert-OH is 3. The maximum Gasteiger partial charge on any atom is 0.308 e. The molecular formula is C20H40O5. The molecule has 0 aliphatic carbocycles. The van der Waals surface area contributed by atoms with Crippen molar-refractivity contribution in [3.63, 3.8) is 0 Å². The second kappa shape index (κ2) is 13.5. The maximum atomic E-state index is 10.9. The fourth-order valence-corrected chi connectivity index (χ4v) is 2.68. The molecule has 0 aromatic rings. The average Bonchev–Trinajstić information content (AvgIpc) is 2.50. The summed E-state index contributed by atoms with van der Waals surface area (Å²) in [6.45, 7) is 10.5. The Morgan fingerprint density at radius 3 is 2.12 bits per heavy atom. The molecule has 5 heteroatoms. The molecule has 0 saturated carbocycles. The molecule has 0 aromatic heterocycles. The van der Waals surface area contributed by atoms with Crippen molar-refractivity contribution in [3.05, 3.63) is 0 Å². The minimum atomic E-state index is -0.488.